The lowest BCUT2D eigenvalue weighted by atomic mass is 10.1. The van der Waals surface area contributed by atoms with Crippen LogP contribution in [0.15, 0.2) is 24.8 Å². The molecule has 0 aliphatic carbocycles. The van der Waals surface area contributed by atoms with Crippen LogP contribution in [0.5, 0.6) is 0 Å². The van der Waals surface area contributed by atoms with E-state index >= 15 is 0 Å². The van der Waals surface area contributed by atoms with Crippen LogP contribution < -0.4 is 5.73 Å². The molecule has 2 aromatic heterocycles. The molecule has 0 fully saturated rings. The Morgan fingerprint density at radius 3 is 2.76 bits per heavy atom. The van der Waals surface area contributed by atoms with Crippen LogP contribution in [0, 0.1) is 0 Å². The van der Waals surface area contributed by atoms with Gasteiger partial charge in [0.15, 0.2) is 0 Å². The SMILES string of the molecule is CC(C)n1ncc(Cl)c1C(N)c1ccncn1. The molecule has 5 nitrogen and oxygen atoms in total. The minimum atomic E-state index is -0.393. The summed E-state index contributed by atoms with van der Waals surface area (Å²) in [6.45, 7) is 4.05. The van der Waals surface area contributed by atoms with Gasteiger partial charge in [0.05, 0.1) is 28.6 Å². The molecule has 90 valence electrons. The van der Waals surface area contributed by atoms with Crippen molar-refractivity contribution in [3.8, 4) is 0 Å². The fraction of sp³-hybridized carbons (Fsp3) is 0.364. The minimum absolute atomic E-state index is 0.199. The van der Waals surface area contributed by atoms with Crippen molar-refractivity contribution in [3.63, 3.8) is 0 Å². The van der Waals surface area contributed by atoms with Gasteiger partial charge < -0.3 is 5.73 Å². The molecule has 1 unspecified atom stereocenters. The van der Waals surface area contributed by atoms with E-state index in [4.69, 9.17) is 17.3 Å². The first-order valence-corrected chi connectivity index (χ1v) is 5.73. The van der Waals surface area contributed by atoms with Crippen LogP contribution in [-0.2, 0) is 0 Å². The number of hydrogen-bond acceptors (Lipinski definition) is 4. The Bertz CT molecular complexity index is 494. The second-order valence-corrected chi connectivity index (χ2v) is 4.44. The Balaban J connectivity index is 2.43. The number of rotatable bonds is 3. The molecule has 1 atom stereocenters. The second-order valence-electron chi connectivity index (χ2n) is 4.03. The quantitative estimate of drug-likeness (QED) is 0.905. The highest BCUT2D eigenvalue weighted by Gasteiger charge is 2.20. The monoisotopic (exact) mass is 251 g/mol. The zero-order chi connectivity index (χ0) is 12.4. The lowest BCUT2D eigenvalue weighted by molar-refractivity contribution is 0.497. The van der Waals surface area contributed by atoms with Crippen molar-refractivity contribution in [1.29, 1.82) is 0 Å². The Morgan fingerprint density at radius 2 is 2.18 bits per heavy atom. The van der Waals surface area contributed by atoms with Crippen molar-refractivity contribution >= 4 is 11.6 Å². The molecule has 17 heavy (non-hydrogen) atoms. The summed E-state index contributed by atoms with van der Waals surface area (Å²) in [5.74, 6) is 0. The highest BCUT2D eigenvalue weighted by molar-refractivity contribution is 6.31. The maximum Gasteiger partial charge on any atom is 0.115 e. The molecule has 0 radical (unpaired) electrons. The smallest absolute Gasteiger partial charge is 0.115 e. The van der Waals surface area contributed by atoms with E-state index in [0.29, 0.717) is 5.02 Å². The highest BCUT2D eigenvalue weighted by atomic mass is 35.5. The molecule has 0 spiro atoms. The molecule has 0 aliphatic rings. The molecule has 0 amide bonds. The molecule has 2 aromatic rings. The Morgan fingerprint density at radius 1 is 1.41 bits per heavy atom. The van der Waals surface area contributed by atoms with E-state index in [0.717, 1.165) is 11.4 Å². The average molecular weight is 252 g/mol. The maximum absolute atomic E-state index is 6.16. The zero-order valence-corrected chi connectivity index (χ0v) is 10.5. The predicted octanol–water partition coefficient (Wildman–Crippen LogP) is 1.96. The van der Waals surface area contributed by atoms with Crippen molar-refractivity contribution in [3.05, 3.63) is 41.2 Å². The molecular formula is C11H14ClN5. The lowest BCUT2D eigenvalue weighted by Crippen LogP contribution is -2.20. The van der Waals surface area contributed by atoms with Gasteiger partial charge in [0, 0.05) is 12.2 Å². The fourth-order valence-electron chi connectivity index (χ4n) is 1.68. The molecule has 0 aliphatic heterocycles. The number of halogens is 1. The van der Waals surface area contributed by atoms with Gasteiger partial charge in [-0.15, -0.1) is 0 Å². The van der Waals surface area contributed by atoms with E-state index in [1.54, 1.807) is 18.5 Å². The first-order chi connectivity index (χ1) is 8.11. The first-order valence-electron chi connectivity index (χ1n) is 5.35. The van der Waals surface area contributed by atoms with Crippen LogP contribution >= 0.6 is 11.6 Å². The first kappa shape index (κ1) is 12.0. The number of hydrogen-bond donors (Lipinski definition) is 1. The number of nitrogens with zero attached hydrogens (tertiary/aromatic N) is 4. The topological polar surface area (TPSA) is 69.6 Å². The lowest BCUT2D eigenvalue weighted by Gasteiger charge is -2.16. The molecule has 6 heteroatoms. The third kappa shape index (κ3) is 2.30. The van der Waals surface area contributed by atoms with Crippen LogP contribution in [0.4, 0.5) is 0 Å². The van der Waals surface area contributed by atoms with Gasteiger partial charge in [-0.3, -0.25) is 4.68 Å². The van der Waals surface area contributed by atoms with E-state index in [1.165, 1.54) is 6.33 Å². The normalized spacial score (nSPS) is 13.0. The summed E-state index contributed by atoms with van der Waals surface area (Å²) < 4.78 is 1.81. The predicted molar refractivity (Wildman–Crippen MR) is 65.7 cm³/mol. The van der Waals surface area contributed by atoms with Gasteiger partial charge in [-0.25, -0.2) is 9.97 Å². The van der Waals surface area contributed by atoms with Gasteiger partial charge in [-0.05, 0) is 19.9 Å². The molecule has 2 rings (SSSR count). The summed E-state index contributed by atoms with van der Waals surface area (Å²) in [4.78, 5) is 8.01. The summed E-state index contributed by atoms with van der Waals surface area (Å²) in [6, 6.07) is 1.58. The summed E-state index contributed by atoms with van der Waals surface area (Å²) in [6.07, 6.45) is 4.74. The molecule has 0 aromatic carbocycles. The van der Waals surface area contributed by atoms with Crippen LogP contribution in [0.2, 0.25) is 5.02 Å². The summed E-state index contributed by atoms with van der Waals surface area (Å²) in [5, 5.41) is 4.78. The van der Waals surface area contributed by atoms with Crippen molar-refractivity contribution in [2.45, 2.75) is 25.9 Å². The van der Waals surface area contributed by atoms with Crippen LogP contribution in [0.25, 0.3) is 0 Å². The molecule has 0 saturated heterocycles. The molecular weight excluding hydrogens is 238 g/mol. The van der Waals surface area contributed by atoms with Crippen molar-refractivity contribution < 1.29 is 0 Å². The van der Waals surface area contributed by atoms with E-state index in [2.05, 4.69) is 15.1 Å². The maximum atomic E-state index is 6.16. The van der Waals surface area contributed by atoms with Crippen molar-refractivity contribution in [2.75, 3.05) is 0 Å². The van der Waals surface area contributed by atoms with Gasteiger partial charge in [0.2, 0.25) is 0 Å². The van der Waals surface area contributed by atoms with Crippen LogP contribution in [0.1, 0.15) is 37.3 Å². The van der Waals surface area contributed by atoms with E-state index < -0.39 is 6.04 Å². The van der Waals surface area contributed by atoms with Gasteiger partial charge in [0.25, 0.3) is 0 Å². The van der Waals surface area contributed by atoms with Gasteiger partial charge >= 0.3 is 0 Å². The van der Waals surface area contributed by atoms with E-state index in [1.807, 2.05) is 18.5 Å². The third-order valence-electron chi connectivity index (χ3n) is 2.49. The summed E-state index contributed by atoms with van der Waals surface area (Å²) in [7, 11) is 0. The number of nitrogens with two attached hydrogens (primary N) is 1. The van der Waals surface area contributed by atoms with Crippen molar-refractivity contribution in [2.24, 2.45) is 5.73 Å². The van der Waals surface area contributed by atoms with Crippen LogP contribution in [0.3, 0.4) is 0 Å². The Hall–Kier alpha value is -1.46. The standard InChI is InChI=1S/C11H14ClN5/c1-7(2)17-11(8(12)5-16-17)10(13)9-3-4-14-6-15-9/h3-7,10H,13H2,1-2H3. The molecule has 2 N–H and O–H groups in total. The molecule has 2 heterocycles. The summed E-state index contributed by atoms with van der Waals surface area (Å²) in [5.41, 5.74) is 7.67. The molecule has 0 saturated carbocycles. The largest absolute Gasteiger partial charge is 0.318 e. The minimum Gasteiger partial charge on any atom is -0.318 e. The number of aromatic nitrogens is 4. The van der Waals surface area contributed by atoms with Gasteiger partial charge in [0.1, 0.15) is 6.33 Å². The van der Waals surface area contributed by atoms with Gasteiger partial charge in [-0.2, -0.15) is 5.10 Å². The van der Waals surface area contributed by atoms with Crippen LogP contribution in [-0.4, -0.2) is 19.7 Å². The summed E-state index contributed by atoms with van der Waals surface area (Å²) >= 11 is 6.13. The second kappa shape index (κ2) is 4.81. The van der Waals surface area contributed by atoms with Crippen molar-refractivity contribution in [1.82, 2.24) is 19.7 Å². The highest BCUT2D eigenvalue weighted by Crippen LogP contribution is 2.27. The molecule has 0 bridgehead atoms. The van der Waals surface area contributed by atoms with E-state index in [-0.39, 0.29) is 6.04 Å². The zero-order valence-electron chi connectivity index (χ0n) is 9.71. The van der Waals surface area contributed by atoms with E-state index in [9.17, 15) is 0 Å². The third-order valence-corrected chi connectivity index (χ3v) is 2.79. The fourth-order valence-corrected chi connectivity index (χ4v) is 1.93. The average Bonchev–Trinajstić information content (AvgIpc) is 2.71. The Kier molecular flexibility index (Phi) is 3.40. The Labute approximate surface area is 105 Å². The van der Waals surface area contributed by atoms with Gasteiger partial charge in [-0.1, -0.05) is 11.6 Å².